The summed E-state index contributed by atoms with van der Waals surface area (Å²) in [5.74, 6) is 0. The first-order valence-electron chi connectivity index (χ1n) is 4.89. The van der Waals surface area contributed by atoms with Gasteiger partial charge in [0.05, 0.1) is 33.0 Å². The minimum Gasteiger partial charge on any atom is -0.388 e. The standard InChI is InChI=1S/C10H18O4/c1-2-3-4-12-5-9(11)6-13-7-10-8-14-10/h2,9-11H,1,3-8H2. The predicted molar refractivity (Wildman–Crippen MR) is 52.2 cm³/mol. The van der Waals surface area contributed by atoms with Crippen molar-refractivity contribution in [2.45, 2.75) is 18.6 Å². The van der Waals surface area contributed by atoms with E-state index in [0.29, 0.717) is 26.4 Å². The quantitative estimate of drug-likeness (QED) is 0.333. The Balaban J connectivity index is 1.81. The van der Waals surface area contributed by atoms with Crippen molar-refractivity contribution in [1.29, 1.82) is 0 Å². The molecule has 14 heavy (non-hydrogen) atoms. The minimum absolute atomic E-state index is 0.254. The first kappa shape index (κ1) is 11.7. The molecule has 82 valence electrons. The molecule has 0 spiro atoms. The van der Waals surface area contributed by atoms with Gasteiger partial charge in [-0.15, -0.1) is 6.58 Å². The molecular weight excluding hydrogens is 184 g/mol. The Kier molecular flexibility index (Phi) is 5.78. The lowest BCUT2D eigenvalue weighted by Gasteiger charge is -2.10. The second kappa shape index (κ2) is 6.95. The summed E-state index contributed by atoms with van der Waals surface area (Å²) < 4.78 is 15.3. The number of hydrogen-bond acceptors (Lipinski definition) is 4. The van der Waals surface area contributed by atoms with Gasteiger partial charge in [0, 0.05) is 0 Å². The SMILES string of the molecule is C=CCCOCC(O)COCC1CO1. The Morgan fingerprint density at radius 1 is 1.50 bits per heavy atom. The number of epoxide rings is 1. The summed E-state index contributed by atoms with van der Waals surface area (Å²) in [6, 6.07) is 0. The van der Waals surface area contributed by atoms with Crippen LogP contribution in [0.3, 0.4) is 0 Å². The van der Waals surface area contributed by atoms with Gasteiger partial charge in [-0.1, -0.05) is 6.08 Å². The van der Waals surface area contributed by atoms with Crippen molar-refractivity contribution in [1.82, 2.24) is 0 Å². The van der Waals surface area contributed by atoms with Crippen molar-refractivity contribution in [3.63, 3.8) is 0 Å². The van der Waals surface area contributed by atoms with E-state index in [2.05, 4.69) is 6.58 Å². The van der Waals surface area contributed by atoms with Crippen LogP contribution in [0.1, 0.15) is 6.42 Å². The van der Waals surface area contributed by atoms with Crippen LogP contribution in [0, 0.1) is 0 Å². The second-order valence-corrected chi connectivity index (χ2v) is 3.30. The second-order valence-electron chi connectivity index (χ2n) is 3.30. The number of hydrogen-bond donors (Lipinski definition) is 1. The van der Waals surface area contributed by atoms with Gasteiger partial charge < -0.3 is 19.3 Å². The number of aliphatic hydroxyl groups excluding tert-OH is 1. The van der Waals surface area contributed by atoms with Gasteiger partial charge in [0.1, 0.15) is 12.2 Å². The van der Waals surface area contributed by atoms with Gasteiger partial charge in [-0.2, -0.15) is 0 Å². The molecule has 2 atom stereocenters. The molecule has 0 bridgehead atoms. The molecule has 0 aromatic rings. The van der Waals surface area contributed by atoms with Crippen LogP contribution in [0.25, 0.3) is 0 Å². The van der Waals surface area contributed by atoms with Crippen molar-refractivity contribution in [3.8, 4) is 0 Å². The van der Waals surface area contributed by atoms with E-state index in [9.17, 15) is 5.11 Å². The van der Waals surface area contributed by atoms with Gasteiger partial charge in [-0.05, 0) is 6.42 Å². The Bertz CT molecular complexity index is 156. The zero-order valence-corrected chi connectivity index (χ0v) is 8.35. The molecule has 0 aromatic heterocycles. The topological polar surface area (TPSA) is 51.2 Å². The summed E-state index contributed by atoms with van der Waals surface area (Å²) >= 11 is 0. The smallest absolute Gasteiger partial charge is 0.104 e. The zero-order valence-electron chi connectivity index (χ0n) is 8.35. The lowest BCUT2D eigenvalue weighted by Crippen LogP contribution is -2.23. The molecule has 1 saturated heterocycles. The molecule has 1 aliphatic heterocycles. The fourth-order valence-electron chi connectivity index (χ4n) is 0.934. The van der Waals surface area contributed by atoms with Gasteiger partial charge in [-0.25, -0.2) is 0 Å². The molecule has 1 rings (SSSR count). The van der Waals surface area contributed by atoms with Crippen LogP contribution in [-0.2, 0) is 14.2 Å². The van der Waals surface area contributed by atoms with Crippen molar-refractivity contribution < 1.29 is 19.3 Å². The van der Waals surface area contributed by atoms with E-state index in [0.717, 1.165) is 13.0 Å². The summed E-state index contributed by atoms with van der Waals surface area (Å²) in [7, 11) is 0. The van der Waals surface area contributed by atoms with Crippen molar-refractivity contribution in [2.75, 3.05) is 33.0 Å². The highest BCUT2D eigenvalue weighted by Crippen LogP contribution is 2.08. The Labute approximate surface area is 84.5 Å². The number of ether oxygens (including phenoxy) is 3. The number of aliphatic hydroxyl groups is 1. The maximum atomic E-state index is 9.37. The Morgan fingerprint density at radius 2 is 2.21 bits per heavy atom. The molecule has 0 amide bonds. The van der Waals surface area contributed by atoms with Crippen LogP contribution < -0.4 is 0 Å². The predicted octanol–water partition coefficient (Wildman–Crippen LogP) is 0.355. The molecule has 4 nitrogen and oxygen atoms in total. The van der Waals surface area contributed by atoms with Gasteiger partial charge in [-0.3, -0.25) is 0 Å². The summed E-state index contributed by atoms with van der Waals surface area (Å²) in [4.78, 5) is 0. The van der Waals surface area contributed by atoms with E-state index in [1.165, 1.54) is 0 Å². The number of rotatable bonds is 9. The molecule has 1 aliphatic rings. The van der Waals surface area contributed by atoms with E-state index in [1.807, 2.05) is 0 Å². The monoisotopic (exact) mass is 202 g/mol. The summed E-state index contributed by atoms with van der Waals surface area (Å²) in [6.07, 6.45) is 2.30. The average molecular weight is 202 g/mol. The van der Waals surface area contributed by atoms with Crippen LogP contribution in [0.15, 0.2) is 12.7 Å². The normalized spacial score (nSPS) is 21.9. The molecule has 1 fully saturated rings. The van der Waals surface area contributed by atoms with Crippen LogP contribution in [0.2, 0.25) is 0 Å². The molecule has 0 aromatic carbocycles. The van der Waals surface area contributed by atoms with Crippen molar-refractivity contribution in [2.24, 2.45) is 0 Å². The third kappa shape index (κ3) is 6.10. The van der Waals surface area contributed by atoms with E-state index in [4.69, 9.17) is 14.2 Å². The average Bonchev–Trinajstić information content (AvgIpc) is 2.96. The Morgan fingerprint density at radius 3 is 2.86 bits per heavy atom. The highest BCUT2D eigenvalue weighted by molar-refractivity contribution is 4.68. The van der Waals surface area contributed by atoms with Crippen LogP contribution >= 0.6 is 0 Å². The third-order valence-corrected chi connectivity index (χ3v) is 1.79. The van der Waals surface area contributed by atoms with Gasteiger partial charge in [0.15, 0.2) is 0 Å². The van der Waals surface area contributed by atoms with Crippen LogP contribution in [0.5, 0.6) is 0 Å². The van der Waals surface area contributed by atoms with Gasteiger partial charge in [0.2, 0.25) is 0 Å². The summed E-state index contributed by atoms with van der Waals surface area (Å²) in [5.41, 5.74) is 0. The van der Waals surface area contributed by atoms with E-state index >= 15 is 0 Å². The Hall–Kier alpha value is -0.420. The lowest BCUT2D eigenvalue weighted by molar-refractivity contribution is -0.0205. The minimum atomic E-state index is -0.543. The van der Waals surface area contributed by atoms with Crippen LogP contribution in [0.4, 0.5) is 0 Å². The van der Waals surface area contributed by atoms with E-state index in [1.54, 1.807) is 6.08 Å². The largest absolute Gasteiger partial charge is 0.388 e. The first-order chi connectivity index (χ1) is 6.83. The maximum Gasteiger partial charge on any atom is 0.104 e. The fraction of sp³-hybridized carbons (Fsp3) is 0.800. The molecule has 0 saturated carbocycles. The molecule has 1 heterocycles. The maximum absolute atomic E-state index is 9.37. The van der Waals surface area contributed by atoms with Gasteiger partial charge >= 0.3 is 0 Å². The lowest BCUT2D eigenvalue weighted by atomic mass is 10.4. The fourth-order valence-corrected chi connectivity index (χ4v) is 0.934. The van der Waals surface area contributed by atoms with E-state index < -0.39 is 6.10 Å². The third-order valence-electron chi connectivity index (χ3n) is 1.79. The summed E-state index contributed by atoms with van der Waals surface area (Å²) in [5, 5.41) is 9.37. The van der Waals surface area contributed by atoms with Crippen molar-refractivity contribution in [3.05, 3.63) is 12.7 Å². The van der Waals surface area contributed by atoms with Gasteiger partial charge in [0.25, 0.3) is 0 Å². The zero-order chi connectivity index (χ0) is 10.2. The molecular formula is C10H18O4. The van der Waals surface area contributed by atoms with E-state index in [-0.39, 0.29) is 6.10 Å². The highest BCUT2D eigenvalue weighted by Gasteiger charge is 2.22. The highest BCUT2D eigenvalue weighted by atomic mass is 16.6. The van der Waals surface area contributed by atoms with Crippen molar-refractivity contribution >= 4 is 0 Å². The molecule has 1 N–H and O–H groups in total. The molecule has 0 radical (unpaired) electrons. The first-order valence-corrected chi connectivity index (χ1v) is 4.89. The molecule has 2 unspecified atom stereocenters. The summed E-state index contributed by atoms with van der Waals surface area (Å²) in [6.45, 7) is 6.16. The molecule has 0 aliphatic carbocycles. The van der Waals surface area contributed by atoms with Crippen LogP contribution in [-0.4, -0.2) is 50.3 Å². The molecule has 4 heteroatoms.